The normalized spacial score (nSPS) is 17.6. The molecule has 7 heteroatoms. The molecule has 2 heterocycles. The van der Waals surface area contributed by atoms with Gasteiger partial charge in [0.25, 0.3) is 0 Å². The minimum atomic E-state index is -0.517. The fourth-order valence-electron chi connectivity index (χ4n) is 3.19. The van der Waals surface area contributed by atoms with Gasteiger partial charge in [0.15, 0.2) is 5.82 Å². The number of rotatable bonds is 3. The molecule has 0 spiro atoms. The number of aromatic nitrogens is 3. The van der Waals surface area contributed by atoms with Crippen molar-refractivity contribution in [1.29, 1.82) is 0 Å². The fraction of sp³-hybridized carbons (Fsp3) is 0.526. The van der Waals surface area contributed by atoms with Gasteiger partial charge in [-0.05, 0) is 58.2 Å². The minimum absolute atomic E-state index is 0.113. The van der Waals surface area contributed by atoms with E-state index >= 15 is 0 Å². The molecule has 0 saturated carbocycles. The van der Waals surface area contributed by atoms with Gasteiger partial charge in [-0.25, -0.2) is 4.79 Å². The van der Waals surface area contributed by atoms with E-state index in [2.05, 4.69) is 14.8 Å². The molecular weight excluding hydrogens is 352 g/mol. The number of nitrogens with zero attached hydrogens (tertiary/aromatic N) is 4. The standard InChI is InChI=1S/C19H25ClN4O2/c1-13-21-22-17(24(13)12-14-7-9-15(20)10-8-14)16-6-5-11-23(16)18(25)26-19(2,3)4/h7-10,16H,5-6,11-12H2,1-4H3/t16-/m0/s1. The zero-order valence-electron chi connectivity index (χ0n) is 15.7. The average molecular weight is 377 g/mol. The molecule has 0 aliphatic carbocycles. The Bertz CT molecular complexity index is 780. The number of carbonyl (C=O) groups is 1. The maximum atomic E-state index is 12.6. The topological polar surface area (TPSA) is 60.3 Å². The first-order valence-corrected chi connectivity index (χ1v) is 9.26. The number of hydrogen-bond acceptors (Lipinski definition) is 4. The Labute approximate surface area is 159 Å². The first-order chi connectivity index (χ1) is 12.2. The molecule has 1 aliphatic rings. The number of likely N-dealkylation sites (tertiary alicyclic amines) is 1. The van der Waals surface area contributed by atoms with E-state index < -0.39 is 5.60 Å². The van der Waals surface area contributed by atoms with Crippen molar-refractivity contribution >= 4 is 17.7 Å². The Kier molecular flexibility index (Phi) is 5.23. The zero-order chi connectivity index (χ0) is 18.9. The fourth-order valence-corrected chi connectivity index (χ4v) is 3.31. The number of hydrogen-bond donors (Lipinski definition) is 0. The predicted octanol–water partition coefficient (Wildman–Crippen LogP) is 4.36. The maximum absolute atomic E-state index is 12.6. The Hall–Kier alpha value is -2.08. The summed E-state index contributed by atoms with van der Waals surface area (Å²) in [6.45, 7) is 8.88. The van der Waals surface area contributed by atoms with E-state index in [0.29, 0.717) is 18.1 Å². The second-order valence-electron chi connectivity index (χ2n) is 7.65. The van der Waals surface area contributed by atoms with Gasteiger partial charge >= 0.3 is 6.09 Å². The molecule has 6 nitrogen and oxygen atoms in total. The number of ether oxygens (including phenoxy) is 1. The third-order valence-electron chi connectivity index (χ3n) is 4.40. The van der Waals surface area contributed by atoms with Crippen LogP contribution in [0.15, 0.2) is 24.3 Å². The Morgan fingerprint density at radius 1 is 1.27 bits per heavy atom. The van der Waals surface area contributed by atoms with Crippen molar-refractivity contribution in [3.63, 3.8) is 0 Å². The molecule has 1 atom stereocenters. The number of amides is 1. The first-order valence-electron chi connectivity index (χ1n) is 8.88. The predicted molar refractivity (Wildman–Crippen MR) is 100 cm³/mol. The summed E-state index contributed by atoms with van der Waals surface area (Å²) < 4.78 is 7.63. The second kappa shape index (κ2) is 7.27. The van der Waals surface area contributed by atoms with Crippen LogP contribution in [-0.2, 0) is 11.3 Å². The van der Waals surface area contributed by atoms with E-state index in [9.17, 15) is 4.79 Å². The molecule has 1 aromatic carbocycles. The number of benzene rings is 1. The molecule has 0 unspecified atom stereocenters. The largest absolute Gasteiger partial charge is 0.444 e. The quantitative estimate of drug-likeness (QED) is 0.798. The van der Waals surface area contributed by atoms with Crippen LogP contribution < -0.4 is 0 Å². The van der Waals surface area contributed by atoms with Crippen LogP contribution in [-0.4, -0.2) is 37.9 Å². The Morgan fingerprint density at radius 3 is 2.62 bits per heavy atom. The van der Waals surface area contributed by atoms with Crippen molar-refractivity contribution in [2.45, 2.75) is 58.7 Å². The van der Waals surface area contributed by atoms with Crippen LogP contribution >= 0.6 is 11.6 Å². The monoisotopic (exact) mass is 376 g/mol. The van der Waals surface area contributed by atoms with Gasteiger partial charge in [0.1, 0.15) is 11.4 Å². The lowest BCUT2D eigenvalue weighted by atomic mass is 10.2. The average Bonchev–Trinajstić information content (AvgIpc) is 3.15. The number of aryl methyl sites for hydroxylation is 1. The van der Waals surface area contributed by atoms with Crippen LogP contribution in [0.25, 0.3) is 0 Å². The summed E-state index contributed by atoms with van der Waals surface area (Å²) in [7, 11) is 0. The van der Waals surface area contributed by atoms with Gasteiger partial charge in [-0.3, -0.25) is 4.90 Å². The summed E-state index contributed by atoms with van der Waals surface area (Å²) in [5.74, 6) is 1.63. The number of carbonyl (C=O) groups excluding carboxylic acids is 1. The molecular formula is C19H25ClN4O2. The van der Waals surface area contributed by atoms with Crippen molar-refractivity contribution in [1.82, 2.24) is 19.7 Å². The van der Waals surface area contributed by atoms with E-state index in [1.807, 2.05) is 52.0 Å². The van der Waals surface area contributed by atoms with E-state index in [0.717, 1.165) is 30.1 Å². The van der Waals surface area contributed by atoms with Crippen LogP contribution in [0, 0.1) is 6.92 Å². The van der Waals surface area contributed by atoms with Gasteiger partial charge in [-0.15, -0.1) is 10.2 Å². The van der Waals surface area contributed by atoms with E-state index in [1.165, 1.54) is 0 Å². The highest BCUT2D eigenvalue weighted by Gasteiger charge is 2.36. The first kappa shape index (κ1) is 18.7. The molecule has 1 fully saturated rings. The second-order valence-corrected chi connectivity index (χ2v) is 8.09. The molecule has 140 valence electrons. The molecule has 1 saturated heterocycles. The molecule has 1 aliphatic heterocycles. The zero-order valence-corrected chi connectivity index (χ0v) is 16.5. The molecule has 3 rings (SSSR count). The third-order valence-corrected chi connectivity index (χ3v) is 4.65. The smallest absolute Gasteiger partial charge is 0.410 e. The summed E-state index contributed by atoms with van der Waals surface area (Å²) in [6, 6.07) is 7.62. The van der Waals surface area contributed by atoms with Gasteiger partial charge in [-0.2, -0.15) is 0 Å². The molecule has 26 heavy (non-hydrogen) atoms. The summed E-state index contributed by atoms with van der Waals surface area (Å²) in [5.41, 5.74) is 0.595. The van der Waals surface area contributed by atoms with Crippen LogP contribution in [0.3, 0.4) is 0 Å². The van der Waals surface area contributed by atoms with Crippen molar-refractivity contribution in [2.75, 3.05) is 6.54 Å². The number of halogens is 1. The van der Waals surface area contributed by atoms with E-state index in [1.54, 1.807) is 4.90 Å². The summed E-state index contributed by atoms with van der Waals surface area (Å²) in [5, 5.41) is 9.34. The van der Waals surface area contributed by atoms with Gasteiger partial charge in [0.05, 0.1) is 12.6 Å². The Morgan fingerprint density at radius 2 is 1.96 bits per heavy atom. The van der Waals surface area contributed by atoms with Crippen LogP contribution in [0.5, 0.6) is 0 Å². The summed E-state index contributed by atoms with van der Waals surface area (Å²) in [4.78, 5) is 14.4. The van der Waals surface area contributed by atoms with Gasteiger partial charge in [-0.1, -0.05) is 23.7 Å². The maximum Gasteiger partial charge on any atom is 0.410 e. The lowest BCUT2D eigenvalue weighted by Crippen LogP contribution is -2.37. The lowest BCUT2D eigenvalue weighted by Gasteiger charge is -2.28. The molecule has 1 aromatic heterocycles. The lowest BCUT2D eigenvalue weighted by molar-refractivity contribution is 0.0215. The van der Waals surface area contributed by atoms with Crippen LogP contribution in [0.4, 0.5) is 4.79 Å². The molecule has 0 bridgehead atoms. The van der Waals surface area contributed by atoms with E-state index in [4.69, 9.17) is 16.3 Å². The molecule has 2 aromatic rings. The highest BCUT2D eigenvalue weighted by molar-refractivity contribution is 6.30. The SMILES string of the molecule is Cc1nnc([C@@H]2CCCN2C(=O)OC(C)(C)C)n1Cc1ccc(Cl)cc1. The van der Waals surface area contributed by atoms with Gasteiger partial charge in [0, 0.05) is 11.6 Å². The third kappa shape index (κ3) is 4.18. The van der Waals surface area contributed by atoms with Gasteiger partial charge < -0.3 is 9.30 Å². The molecule has 0 radical (unpaired) electrons. The van der Waals surface area contributed by atoms with Crippen molar-refractivity contribution in [3.8, 4) is 0 Å². The Balaban J connectivity index is 1.84. The van der Waals surface area contributed by atoms with Crippen molar-refractivity contribution < 1.29 is 9.53 Å². The summed E-state index contributed by atoms with van der Waals surface area (Å²) in [6.07, 6.45) is 1.49. The van der Waals surface area contributed by atoms with E-state index in [-0.39, 0.29) is 12.1 Å². The van der Waals surface area contributed by atoms with Crippen LogP contribution in [0.2, 0.25) is 5.02 Å². The highest BCUT2D eigenvalue weighted by Crippen LogP contribution is 2.33. The van der Waals surface area contributed by atoms with Gasteiger partial charge in [0.2, 0.25) is 0 Å². The molecule has 0 N–H and O–H groups in total. The summed E-state index contributed by atoms with van der Waals surface area (Å²) >= 11 is 5.98. The van der Waals surface area contributed by atoms with Crippen LogP contribution in [0.1, 0.15) is 56.9 Å². The molecule has 1 amide bonds. The van der Waals surface area contributed by atoms with Crippen molar-refractivity contribution in [3.05, 3.63) is 46.5 Å². The highest BCUT2D eigenvalue weighted by atomic mass is 35.5. The minimum Gasteiger partial charge on any atom is -0.444 e. The van der Waals surface area contributed by atoms with Crippen molar-refractivity contribution in [2.24, 2.45) is 0 Å².